The van der Waals surface area contributed by atoms with Crippen LogP contribution in [0.25, 0.3) is 0 Å². The molecule has 0 unspecified atom stereocenters. The highest BCUT2D eigenvalue weighted by atomic mass is 32.2. The number of fused-ring (bicyclic) bond motifs is 1. The fraction of sp³-hybridized carbons (Fsp3) is 0.611. The van der Waals surface area contributed by atoms with E-state index < -0.39 is 10.2 Å². The molecule has 1 aromatic carbocycles. The van der Waals surface area contributed by atoms with Crippen molar-refractivity contribution in [2.24, 2.45) is 11.8 Å². The summed E-state index contributed by atoms with van der Waals surface area (Å²) in [5.74, 6) is 0.368. The quantitative estimate of drug-likeness (QED) is 0.776. The first-order valence-corrected chi connectivity index (χ1v) is 10.5. The van der Waals surface area contributed by atoms with Gasteiger partial charge in [-0.05, 0) is 11.5 Å². The number of nitrogens with zero attached hydrogens (tertiary/aromatic N) is 3. The zero-order chi connectivity index (χ0) is 18.3. The third kappa shape index (κ3) is 3.05. The summed E-state index contributed by atoms with van der Waals surface area (Å²) in [6, 6.07) is 9.90. The predicted octanol–water partition coefficient (Wildman–Crippen LogP) is 0.715. The number of hydrogen-bond acceptors (Lipinski definition) is 4. The van der Waals surface area contributed by atoms with Crippen LogP contribution in [0.15, 0.2) is 30.3 Å². The van der Waals surface area contributed by atoms with E-state index in [0.29, 0.717) is 45.9 Å². The van der Waals surface area contributed by atoms with Crippen molar-refractivity contribution in [3.63, 3.8) is 0 Å². The molecule has 3 aliphatic heterocycles. The minimum Gasteiger partial charge on any atom is -0.379 e. The lowest BCUT2D eigenvalue weighted by molar-refractivity contribution is -0.130. The van der Waals surface area contributed by atoms with Gasteiger partial charge in [0, 0.05) is 45.6 Å². The number of amides is 1. The minimum absolute atomic E-state index is 0.0517. The second-order valence-electron chi connectivity index (χ2n) is 7.29. The third-order valence-electron chi connectivity index (χ3n) is 5.80. The van der Waals surface area contributed by atoms with E-state index in [1.54, 1.807) is 11.2 Å². The highest BCUT2D eigenvalue weighted by Crippen LogP contribution is 2.45. The van der Waals surface area contributed by atoms with Gasteiger partial charge in [-0.25, -0.2) is 0 Å². The zero-order valence-electron chi connectivity index (χ0n) is 15.0. The second kappa shape index (κ2) is 6.92. The topological polar surface area (TPSA) is 70.2 Å². The van der Waals surface area contributed by atoms with Crippen molar-refractivity contribution in [1.29, 1.82) is 0 Å². The van der Waals surface area contributed by atoms with Crippen LogP contribution in [0.4, 0.5) is 0 Å². The Morgan fingerprint density at radius 2 is 1.73 bits per heavy atom. The highest BCUT2D eigenvalue weighted by molar-refractivity contribution is 7.86. The summed E-state index contributed by atoms with van der Waals surface area (Å²) >= 11 is 0. The number of carbonyl (C=O) groups excluding carboxylic acids is 1. The molecule has 0 spiro atoms. The lowest BCUT2D eigenvalue weighted by atomic mass is 9.89. The van der Waals surface area contributed by atoms with Crippen LogP contribution in [-0.2, 0) is 19.7 Å². The Bertz CT molecular complexity index is 764. The predicted molar refractivity (Wildman–Crippen MR) is 96.4 cm³/mol. The molecular weight excluding hydrogens is 354 g/mol. The van der Waals surface area contributed by atoms with Crippen LogP contribution >= 0.6 is 0 Å². The number of rotatable bonds is 3. The smallest absolute Gasteiger partial charge is 0.282 e. The number of morpholine rings is 1. The van der Waals surface area contributed by atoms with Crippen molar-refractivity contribution in [3.05, 3.63) is 35.9 Å². The Morgan fingerprint density at radius 3 is 2.38 bits per heavy atom. The van der Waals surface area contributed by atoms with Crippen molar-refractivity contribution in [1.82, 2.24) is 13.5 Å². The Balaban J connectivity index is 1.58. The van der Waals surface area contributed by atoms with E-state index in [1.807, 2.05) is 35.2 Å². The lowest BCUT2D eigenvalue weighted by Gasteiger charge is -2.32. The van der Waals surface area contributed by atoms with Crippen molar-refractivity contribution in [2.45, 2.75) is 13.0 Å². The number of hydrogen-bond donors (Lipinski definition) is 0. The third-order valence-corrected chi connectivity index (χ3v) is 7.77. The van der Waals surface area contributed by atoms with Gasteiger partial charge in [0.25, 0.3) is 10.2 Å². The molecule has 3 atom stereocenters. The molecule has 0 saturated carbocycles. The molecule has 4 rings (SSSR count). The largest absolute Gasteiger partial charge is 0.379 e. The van der Waals surface area contributed by atoms with E-state index in [-0.39, 0.29) is 23.8 Å². The van der Waals surface area contributed by atoms with Gasteiger partial charge < -0.3 is 9.64 Å². The Labute approximate surface area is 154 Å². The summed E-state index contributed by atoms with van der Waals surface area (Å²) in [4.78, 5) is 14.1. The zero-order valence-corrected chi connectivity index (χ0v) is 15.8. The molecule has 1 amide bonds. The number of likely N-dealkylation sites (tertiary alicyclic amines) is 1. The standard InChI is InChI=1S/C18H25N3O4S/c1-14(22)21-12-16-11-20(26(23,24)19-7-9-25-10-8-19)13-17(16)18(21)15-5-3-2-4-6-15/h2-6,16-18H,7-13H2,1H3/t16-,17-,18+/m1/s1. The van der Waals surface area contributed by atoms with Gasteiger partial charge >= 0.3 is 0 Å². The van der Waals surface area contributed by atoms with Gasteiger partial charge in [-0.3, -0.25) is 4.79 Å². The van der Waals surface area contributed by atoms with Crippen molar-refractivity contribution >= 4 is 16.1 Å². The van der Waals surface area contributed by atoms with E-state index in [4.69, 9.17) is 4.74 Å². The van der Waals surface area contributed by atoms with Gasteiger partial charge in [0.15, 0.2) is 0 Å². The van der Waals surface area contributed by atoms with Crippen LogP contribution in [0, 0.1) is 11.8 Å². The van der Waals surface area contributed by atoms with Crippen LogP contribution in [0.2, 0.25) is 0 Å². The molecule has 3 fully saturated rings. The molecule has 0 radical (unpaired) electrons. The van der Waals surface area contributed by atoms with E-state index in [2.05, 4.69) is 0 Å². The average Bonchev–Trinajstić information content (AvgIpc) is 3.21. The summed E-state index contributed by atoms with van der Waals surface area (Å²) < 4.78 is 34.4. The summed E-state index contributed by atoms with van der Waals surface area (Å²) in [5.41, 5.74) is 1.08. The summed E-state index contributed by atoms with van der Waals surface area (Å²) in [6.45, 7) is 4.89. The summed E-state index contributed by atoms with van der Waals surface area (Å²) in [7, 11) is -3.46. The monoisotopic (exact) mass is 379 g/mol. The maximum absolute atomic E-state index is 13.0. The first kappa shape index (κ1) is 17.9. The highest BCUT2D eigenvalue weighted by Gasteiger charge is 2.51. The molecule has 142 valence electrons. The van der Waals surface area contributed by atoms with Gasteiger partial charge in [-0.2, -0.15) is 17.0 Å². The molecule has 0 aromatic heterocycles. The van der Waals surface area contributed by atoms with Crippen LogP contribution < -0.4 is 0 Å². The molecule has 3 aliphatic rings. The number of carbonyl (C=O) groups is 1. The normalized spacial score (nSPS) is 30.5. The molecule has 3 heterocycles. The van der Waals surface area contributed by atoms with Gasteiger partial charge in [0.05, 0.1) is 19.3 Å². The van der Waals surface area contributed by atoms with Crippen LogP contribution in [0.5, 0.6) is 0 Å². The van der Waals surface area contributed by atoms with Gasteiger partial charge in [-0.1, -0.05) is 30.3 Å². The maximum Gasteiger partial charge on any atom is 0.282 e. The molecule has 7 nitrogen and oxygen atoms in total. The first-order chi connectivity index (χ1) is 12.5. The molecular formula is C18H25N3O4S. The van der Waals surface area contributed by atoms with Crippen LogP contribution in [0.3, 0.4) is 0 Å². The number of ether oxygens (including phenoxy) is 1. The molecule has 0 N–H and O–H groups in total. The minimum atomic E-state index is -3.46. The van der Waals surface area contributed by atoms with Crippen molar-refractivity contribution in [3.8, 4) is 0 Å². The molecule has 3 saturated heterocycles. The van der Waals surface area contributed by atoms with Gasteiger partial charge in [-0.15, -0.1) is 0 Å². The molecule has 0 aliphatic carbocycles. The SMILES string of the molecule is CC(=O)N1C[C@H]2CN(S(=O)(=O)N3CCOCC3)C[C@H]2[C@@H]1c1ccccc1. The Kier molecular flexibility index (Phi) is 4.77. The summed E-state index contributed by atoms with van der Waals surface area (Å²) in [6.07, 6.45) is 0. The Hall–Kier alpha value is -1.48. The molecule has 1 aromatic rings. The lowest BCUT2D eigenvalue weighted by Crippen LogP contribution is -2.48. The Morgan fingerprint density at radius 1 is 1.04 bits per heavy atom. The van der Waals surface area contributed by atoms with Crippen molar-refractivity contribution < 1.29 is 17.9 Å². The maximum atomic E-state index is 13.0. The summed E-state index contributed by atoms with van der Waals surface area (Å²) in [5, 5.41) is 0. The molecule has 0 bridgehead atoms. The van der Waals surface area contributed by atoms with Crippen molar-refractivity contribution in [2.75, 3.05) is 45.9 Å². The van der Waals surface area contributed by atoms with E-state index in [0.717, 1.165) is 5.56 Å². The number of benzene rings is 1. The fourth-order valence-electron chi connectivity index (χ4n) is 4.53. The van der Waals surface area contributed by atoms with E-state index >= 15 is 0 Å². The molecule has 8 heteroatoms. The van der Waals surface area contributed by atoms with E-state index in [9.17, 15) is 13.2 Å². The second-order valence-corrected chi connectivity index (χ2v) is 9.22. The fourth-order valence-corrected chi connectivity index (χ4v) is 6.21. The van der Waals surface area contributed by atoms with E-state index in [1.165, 1.54) is 4.31 Å². The average molecular weight is 379 g/mol. The van der Waals surface area contributed by atoms with Crippen LogP contribution in [-0.4, -0.2) is 73.8 Å². The first-order valence-electron chi connectivity index (χ1n) is 9.13. The van der Waals surface area contributed by atoms with Crippen LogP contribution in [0.1, 0.15) is 18.5 Å². The van der Waals surface area contributed by atoms with Gasteiger partial charge in [0.1, 0.15) is 0 Å². The molecule has 26 heavy (non-hydrogen) atoms. The van der Waals surface area contributed by atoms with Gasteiger partial charge in [0.2, 0.25) is 5.91 Å².